The summed E-state index contributed by atoms with van der Waals surface area (Å²) in [6.45, 7) is 0.836. The predicted molar refractivity (Wildman–Crippen MR) is 86.6 cm³/mol. The van der Waals surface area contributed by atoms with E-state index in [4.69, 9.17) is 11.6 Å². The molecule has 1 fully saturated rings. The number of aromatic amines is 1. The molecule has 22 heavy (non-hydrogen) atoms. The van der Waals surface area contributed by atoms with Gasteiger partial charge in [-0.05, 0) is 30.9 Å². The van der Waals surface area contributed by atoms with E-state index in [0.717, 1.165) is 30.8 Å². The Balaban J connectivity index is 1.69. The highest BCUT2D eigenvalue weighted by Gasteiger charge is 2.51. The molecule has 0 spiro atoms. The molecular weight excluding hydrogens is 296 g/mol. The van der Waals surface area contributed by atoms with Crippen LogP contribution in [0.3, 0.4) is 0 Å². The van der Waals surface area contributed by atoms with E-state index in [9.17, 15) is 4.79 Å². The van der Waals surface area contributed by atoms with Gasteiger partial charge in [-0.3, -0.25) is 4.79 Å². The van der Waals surface area contributed by atoms with Crippen molar-refractivity contribution in [1.82, 2.24) is 9.88 Å². The van der Waals surface area contributed by atoms with E-state index in [1.165, 1.54) is 22.2 Å². The first kappa shape index (κ1) is 12.8. The van der Waals surface area contributed by atoms with Crippen LogP contribution in [0.15, 0.2) is 35.4 Å². The number of allylic oxidation sites excluding steroid dienone is 2. The van der Waals surface area contributed by atoms with Crippen LogP contribution in [-0.4, -0.2) is 22.3 Å². The maximum absolute atomic E-state index is 12.7. The van der Waals surface area contributed by atoms with Crippen molar-refractivity contribution in [3.05, 3.63) is 46.6 Å². The second kappa shape index (κ2) is 4.39. The van der Waals surface area contributed by atoms with Crippen LogP contribution in [0.1, 0.15) is 30.1 Å². The van der Waals surface area contributed by atoms with E-state index in [0.29, 0.717) is 11.8 Å². The fraction of sp³-hybridized carbons (Fsp3) is 0.389. The SMILES string of the molecule is O=C1[C@@H]2CC=C(Cl)C[C@H]2[C@H]2c3[nH]c4ccccc4c3CCN12. The molecule has 0 radical (unpaired) electrons. The Morgan fingerprint density at radius 2 is 2.14 bits per heavy atom. The fourth-order valence-electron chi connectivity index (χ4n) is 4.67. The van der Waals surface area contributed by atoms with E-state index in [1.54, 1.807) is 0 Å². The number of amides is 1. The van der Waals surface area contributed by atoms with Crippen LogP contribution in [0.25, 0.3) is 10.9 Å². The van der Waals surface area contributed by atoms with E-state index in [1.807, 2.05) is 6.08 Å². The average Bonchev–Trinajstić information content (AvgIpc) is 3.03. The minimum Gasteiger partial charge on any atom is -0.356 e. The zero-order valence-electron chi connectivity index (χ0n) is 12.2. The number of carbonyl (C=O) groups excluding carboxylic acids is 1. The van der Waals surface area contributed by atoms with Crippen molar-refractivity contribution >= 4 is 28.4 Å². The summed E-state index contributed by atoms with van der Waals surface area (Å²) in [5.74, 6) is 0.752. The summed E-state index contributed by atoms with van der Waals surface area (Å²) in [5, 5.41) is 2.23. The van der Waals surface area contributed by atoms with Crippen LogP contribution in [0.2, 0.25) is 0 Å². The van der Waals surface area contributed by atoms with Crippen molar-refractivity contribution in [3.8, 4) is 0 Å². The van der Waals surface area contributed by atoms with Crippen LogP contribution in [-0.2, 0) is 11.2 Å². The number of H-pyrrole nitrogens is 1. The first-order valence-electron chi connectivity index (χ1n) is 7.98. The van der Waals surface area contributed by atoms with Gasteiger partial charge in [0, 0.05) is 40.0 Å². The molecule has 112 valence electrons. The standard InChI is InChI=1S/C18H17ClN2O/c19-10-5-6-13-14(9-10)17-16-12(7-8-21(17)18(13)22)11-3-1-2-4-15(11)20-16/h1-5,13-14,17,20H,6-9H2/t13-,14-,17+/m1/s1. The molecule has 3 atom stereocenters. The summed E-state index contributed by atoms with van der Waals surface area (Å²) in [6.07, 6.45) is 4.60. The predicted octanol–water partition coefficient (Wildman–Crippen LogP) is 3.76. The molecule has 1 N–H and O–H groups in total. The Kier molecular flexibility index (Phi) is 2.55. The third-order valence-corrected chi connectivity index (χ3v) is 5.94. The lowest BCUT2D eigenvalue weighted by Crippen LogP contribution is -2.35. The van der Waals surface area contributed by atoms with Gasteiger partial charge in [-0.1, -0.05) is 35.9 Å². The van der Waals surface area contributed by atoms with Crippen molar-refractivity contribution in [3.63, 3.8) is 0 Å². The van der Waals surface area contributed by atoms with Gasteiger partial charge in [-0.15, -0.1) is 0 Å². The quantitative estimate of drug-likeness (QED) is 0.790. The molecule has 1 aliphatic carbocycles. The second-order valence-electron chi connectivity index (χ2n) is 6.65. The lowest BCUT2D eigenvalue weighted by molar-refractivity contribution is -0.132. The molecule has 3 aliphatic rings. The van der Waals surface area contributed by atoms with Crippen LogP contribution < -0.4 is 0 Å². The Bertz CT molecular complexity index is 822. The molecule has 1 aromatic heterocycles. The van der Waals surface area contributed by atoms with Crippen LogP contribution in [0, 0.1) is 11.8 Å². The average molecular weight is 313 g/mol. The van der Waals surface area contributed by atoms with E-state index >= 15 is 0 Å². The molecule has 2 aromatic rings. The number of aromatic nitrogens is 1. The highest BCUT2D eigenvalue weighted by Crippen LogP contribution is 2.51. The Hall–Kier alpha value is -1.74. The third kappa shape index (κ3) is 1.55. The second-order valence-corrected chi connectivity index (χ2v) is 7.14. The number of benzene rings is 1. The summed E-state index contributed by atoms with van der Waals surface area (Å²) in [6, 6.07) is 8.63. The van der Waals surface area contributed by atoms with Gasteiger partial charge in [-0.2, -0.15) is 0 Å². The topological polar surface area (TPSA) is 36.1 Å². The molecule has 1 amide bonds. The molecule has 5 rings (SSSR count). The Labute approximate surface area is 133 Å². The number of hydrogen-bond acceptors (Lipinski definition) is 1. The van der Waals surface area contributed by atoms with Crippen molar-refractivity contribution in [2.45, 2.75) is 25.3 Å². The number of halogens is 1. The van der Waals surface area contributed by atoms with Gasteiger partial charge in [0.25, 0.3) is 0 Å². The molecule has 3 nitrogen and oxygen atoms in total. The van der Waals surface area contributed by atoms with E-state index in [2.05, 4.69) is 34.1 Å². The zero-order chi connectivity index (χ0) is 14.8. The number of para-hydroxylation sites is 1. The number of rotatable bonds is 0. The van der Waals surface area contributed by atoms with Gasteiger partial charge in [0.15, 0.2) is 0 Å². The molecule has 4 heteroatoms. The maximum Gasteiger partial charge on any atom is 0.226 e. The van der Waals surface area contributed by atoms with Crippen LogP contribution >= 0.6 is 11.6 Å². The first-order chi connectivity index (χ1) is 10.7. The van der Waals surface area contributed by atoms with Crippen LogP contribution in [0.5, 0.6) is 0 Å². The summed E-state index contributed by atoms with van der Waals surface area (Å²) >= 11 is 6.29. The summed E-state index contributed by atoms with van der Waals surface area (Å²) in [5.41, 5.74) is 3.83. The number of fused-ring (bicyclic) bond motifs is 7. The van der Waals surface area contributed by atoms with Gasteiger partial charge >= 0.3 is 0 Å². The molecule has 1 saturated heterocycles. The molecule has 2 aliphatic heterocycles. The largest absolute Gasteiger partial charge is 0.356 e. The molecule has 3 heterocycles. The maximum atomic E-state index is 12.7. The fourth-order valence-corrected chi connectivity index (χ4v) is 4.94. The number of nitrogens with one attached hydrogen (secondary N) is 1. The Morgan fingerprint density at radius 3 is 3.05 bits per heavy atom. The lowest BCUT2D eigenvalue weighted by atomic mass is 9.79. The van der Waals surface area contributed by atoms with E-state index < -0.39 is 0 Å². The highest BCUT2D eigenvalue weighted by atomic mass is 35.5. The summed E-state index contributed by atoms with van der Waals surface area (Å²) in [4.78, 5) is 18.4. The summed E-state index contributed by atoms with van der Waals surface area (Å²) < 4.78 is 0. The smallest absolute Gasteiger partial charge is 0.226 e. The zero-order valence-corrected chi connectivity index (χ0v) is 12.9. The van der Waals surface area contributed by atoms with Crippen LogP contribution in [0.4, 0.5) is 0 Å². The Morgan fingerprint density at radius 1 is 1.27 bits per heavy atom. The first-order valence-corrected chi connectivity index (χ1v) is 8.36. The lowest BCUT2D eigenvalue weighted by Gasteiger charge is -2.33. The molecular formula is C18H17ClN2O. The molecule has 0 unspecified atom stereocenters. The summed E-state index contributed by atoms with van der Waals surface area (Å²) in [7, 11) is 0. The molecule has 0 bridgehead atoms. The number of hydrogen-bond donors (Lipinski definition) is 1. The van der Waals surface area contributed by atoms with Crippen molar-refractivity contribution in [1.29, 1.82) is 0 Å². The van der Waals surface area contributed by atoms with Gasteiger partial charge in [0.2, 0.25) is 5.91 Å². The third-order valence-electron chi connectivity index (χ3n) is 5.63. The molecule has 0 saturated carbocycles. The van der Waals surface area contributed by atoms with Crippen molar-refractivity contribution in [2.75, 3.05) is 6.54 Å². The van der Waals surface area contributed by atoms with Gasteiger partial charge < -0.3 is 9.88 Å². The van der Waals surface area contributed by atoms with E-state index in [-0.39, 0.29) is 12.0 Å². The minimum absolute atomic E-state index is 0.116. The van der Waals surface area contributed by atoms with Gasteiger partial charge in [0.05, 0.1) is 6.04 Å². The number of nitrogens with zero attached hydrogens (tertiary/aromatic N) is 1. The molecule has 1 aromatic carbocycles. The monoisotopic (exact) mass is 312 g/mol. The van der Waals surface area contributed by atoms with Gasteiger partial charge in [0.1, 0.15) is 0 Å². The normalized spacial score (nSPS) is 30.0. The minimum atomic E-state index is 0.116. The van der Waals surface area contributed by atoms with Crippen molar-refractivity contribution < 1.29 is 4.79 Å². The number of carbonyl (C=O) groups is 1. The van der Waals surface area contributed by atoms with Crippen molar-refractivity contribution in [2.24, 2.45) is 11.8 Å². The van der Waals surface area contributed by atoms with Gasteiger partial charge in [-0.25, -0.2) is 0 Å². The highest BCUT2D eigenvalue weighted by molar-refractivity contribution is 6.29.